The van der Waals surface area contributed by atoms with Crippen molar-refractivity contribution in [1.29, 1.82) is 0 Å². The number of halogens is 3. The van der Waals surface area contributed by atoms with Crippen LogP contribution in [0.3, 0.4) is 0 Å². The molecule has 0 bridgehead atoms. The van der Waals surface area contributed by atoms with Gasteiger partial charge in [0.2, 0.25) is 0 Å². The fraction of sp³-hybridized carbons (Fsp3) is 0.130. The first-order chi connectivity index (χ1) is 14.9. The first-order valence-corrected chi connectivity index (χ1v) is 10.3. The molecular weight excluding hydrogens is 442 g/mol. The van der Waals surface area contributed by atoms with Crippen LogP contribution in [0.5, 0.6) is 0 Å². The van der Waals surface area contributed by atoms with Gasteiger partial charge >= 0.3 is 0 Å². The molecule has 2 atom stereocenters. The first-order valence-electron chi connectivity index (χ1n) is 9.52. The van der Waals surface area contributed by atoms with Gasteiger partial charge in [0.05, 0.1) is 11.1 Å². The summed E-state index contributed by atoms with van der Waals surface area (Å²) in [7, 11) is 0. The van der Waals surface area contributed by atoms with Gasteiger partial charge in [-0.05, 0) is 36.3 Å². The van der Waals surface area contributed by atoms with Gasteiger partial charge in [-0.2, -0.15) is 0 Å². The summed E-state index contributed by atoms with van der Waals surface area (Å²) in [6.45, 7) is 0. The third-order valence-electron chi connectivity index (χ3n) is 5.70. The van der Waals surface area contributed by atoms with Crippen LogP contribution in [-0.2, 0) is 9.59 Å². The number of aliphatic hydroxyl groups excluding tert-OH is 1. The van der Waals surface area contributed by atoms with Crippen molar-refractivity contribution in [1.82, 2.24) is 5.32 Å². The molecule has 156 valence electrons. The second kappa shape index (κ2) is 6.97. The number of alkyl halides is 1. The van der Waals surface area contributed by atoms with Gasteiger partial charge in [0.1, 0.15) is 5.82 Å². The summed E-state index contributed by atoms with van der Waals surface area (Å²) in [5.41, 5.74) is -0.608. The highest BCUT2D eigenvalue weighted by molar-refractivity contribution is 6.32. The Morgan fingerprint density at radius 3 is 2.65 bits per heavy atom. The SMILES string of the molecule is O=C1C(O)=C(c2ccccc2)C2(C(=O)NC3=CC(Cl)CC=C32)N1c1cc(Cl)ccc1F. The molecule has 5 nitrogen and oxygen atoms in total. The Morgan fingerprint density at radius 1 is 1.16 bits per heavy atom. The van der Waals surface area contributed by atoms with Crippen LogP contribution in [-0.4, -0.2) is 27.8 Å². The molecule has 2 aliphatic heterocycles. The number of nitrogens with zero attached hydrogens (tertiary/aromatic N) is 1. The summed E-state index contributed by atoms with van der Waals surface area (Å²) < 4.78 is 15.0. The van der Waals surface area contributed by atoms with E-state index < -0.39 is 28.9 Å². The maximum Gasteiger partial charge on any atom is 0.295 e. The molecule has 1 saturated heterocycles. The molecule has 2 aromatic rings. The highest BCUT2D eigenvalue weighted by atomic mass is 35.5. The van der Waals surface area contributed by atoms with Gasteiger partial charge in [-0.1, -0.05) is 48.0 Å². The summed E-state index contributed by atoms with van der Waals surface area (Å²) in [6, 6.07) is 12.3. The zero-order chi connectivity index (χ0) is 21.9. The van der Waals surface area contributed by atoms with Gasteiger partial charge in [-0.15, -0.1) is 11.6 Å². The second-order valence-electron chi connectivity index (χ2n) is 7.44. The Bertz CT molecular complexity index is 1240. The number of nitrogens with one attached hydrogen (secondary N) is 1. The van der Waals surface area contributed by atoms with Gasteiger partial charge in [0.15, 0.2) is 11.3 Å². The van der Waals surface area contributed by atoms with Crippen LogP contribution < -0.4 is 10.2 Å². The van der Waals surface area contributed by atoms with Crippen LogP contribution in [0.25, 0.3) is 5.57 Å². The van der Waals surface area contributed by atoms with Gasteiger partial charge in [0.25, 0.3) is 11.8 Å². The third-order valence-corrected chi connectivity index (χ3v) is 6.24. The van der Waals surface area contributed by atoms with Crippen LogP contribution in [0.4, 0.5) is 10.1 Å². The van der Waals surface area contributed by atoms with Crippen molar-refractivity contribution in [3.8, 4) is 0 Å². The van der Waals surface area contributed by atoms with E-state index in [1.165, 1.54) is 12.1 Å². The number of hydrogen-bond donors (Lipinski definition) is 2. The fourth-order valence-corrected chi connectivity index (χ4v) is 4.86. The van der Waals surface area contributed by atoms with E-state index in [2.05, 4.69) is 5.32 Å². The lowest BCUT2D eigenvalue weighted by atomic mass is 9.78. The van der Waals surface area contributed by atoms with E-state index in [0.717, 1.165) is 11.0 Å². The number of anilines is 1. The van der Waals surface area contributed by atoms with Crippen LogP contribution in [0.2, 0.25) is 5.02 Å². The minimum absolute atomic E-state index is 0.0812. The minimum Gasteiger partial charge on any atom is -0.503 e. The van der Waals surface area contributed by atoms with Gasteiger partial charge in [-0.3, -0.25) is 14.5 Å². The van der Waals surface area contributed by atoms with Crippen LogP contribution in [0, 0.1) is 5.82 Å². The number of aliphatic hydroxyl groups is 1. The van der Waals surface area contributed by atoms with Crippen molar-refractivity contribution in [3.63, 3.8) is 0 Å². The molecule has 1 spiro atoms. The minimum atomic E-state index is -1.81. The molecule has 2 aromatic carbocycles. The zero-order valence-electron chi connectivity index (χ0n) is 15.9. The Morgan fingerprint density at radius 2 is 1.90 bits per heavy atom. The van der Waals surface area contributed by atoms with Crippen molar-refractivity contribution in [2.45, 2.75) is 17.3 Å². The molecule has 0 saturated carbocycles. The number of benzene rings is 2. The number of carbonyl (C=O) groups is 2. The van der Waals surface area contributed by atoms with Gasteiger partial charge < -0.3 is 10.4 Å². The summed E-state index contributed by atoms with van der Waals surface area (Å²) in [6.07, 6.45) is 3.83. The summed E-state index contributed by atoms with van der Waals surface area (Å²) in [5, 5.41) is 13.6. The highest BCUT2D eigenvalue weighted by Crippen LogP contribution is 2.53. The maximum atomic E-state index is 15.0. The van der Waals surface area contributed by atoms with Crippen molar-refractivity contribution in [3.05, 3.63) is 94.1 Å². The Balaban J connectivity index is 1.86. The largest absolute Gasteiger partial charge is 0.503 e. The molecule has 0 radical (unpaired) electrons. The normalized spacial score (nSPS) is 25.0. The van der Waals surface area contributed by atoms with E-state index in [9.17, 15) is 19.1 Å². The molecule has 2 unspecified atom stereocenters. The Labute approximate surface area is 187 Å². The third kappa shape index (κ3) is 2.68. The molecule has 31 heavy (non-hydrogen) atoms. The molecule has 1 aliphatic carbocycles. The van der Waals surface area contributed by atoms with Crippen molar-refractivity contribution < 1.29 is 19.1 Å². The molecule has 8 heteroatoms. The Kier molecular flexibility index (Phi) is 4.46. The lowest BCUT2D eigenvalue weighted by molar-refractivity contribution is -0.124. The summed E-state index contributed by atoms with van der Waals surface area (Å²) in [4.78, 5) is 27.9. The summed E-state index contributed by atoms with van der Waals surface area (Å²) >= 11 is 12.3. The lowest BCUT2D eigenvalue weighted by Gasteiger charge is -2.36. The monoisotopic (exact) mass is 456 g/mol. The van der Waals surface area contributed by atoms with Crippen LogP contribution >= 0.6 is 23.2 Å². The second-order valence-corrected chi connectivity index (χ2v) is 8.44. The van der Waals surface area contributed by atoms with E-state index in [0.29, 0.717) is 23.3 Å². The number of hydrogen-bond acceptors (Lipinski definition) is 3. The number of rotatable bonds is 2. The van der Waals surface area contributed by atoms with Crippen LogP contribution in [0.15, 0.2) is 77.7 Å². The quantitative estimate of drug-likeness (QED) is 0.654. The van der Waals surface area contributed by atoms with Gasteiger partial charge in [0, 0.05) is 21.9 Å². The van der Waals surface area contributed by atoms with Crippen molar-refractivity contribution >= 4 is 46.3 Å². The van der Waals surface area contributed by atoms with Crippen LogP contribution in [0.1, 0.15) is 12.0 Å². The molecule has 2 amide bonds. The van der Waals surface area contributed by atoms with E-state index >= 15 is 0 Å². The molecular formula is C23H15Cl2FN2O3. The van der Waals surface area contributed by atoms with Crippen molar-refractivity contribution in [2.75, 3.05) is 4.90 Å². The van der Waals surface area contributed by atoms with E-state index in [4.69, 9.17) is 23.2 Å². The Hall–Kier alpha value is -3.09. The number of carbonyl (C=O) groups excluding carboxylic acids is 2. The molecule has 0 aromatic heterocycles. The first kappa shape index (κ1) is 19.8. The lowest BCUT2D eigenvalue weighted by Crippen LogP contribution is -2.54. The number of fused-ring (bicyclic) bond motifs is 2. The fourth-order valence-electron chi connectivity index (χ4n) is 4.48. The maximum absolute atomic E-state index is 15.0. The molecule has 1 fully saturated rings. The smallest absolute Gasteiger partial charge is 0.295 e. The van der Waals surface area contributed by atoms with Gasteiger partial charge in [-0.25, -0.2) is 4.39 Å². The predicted octanol–water partition coefficient (Wildman–Crippen LogP) is 4.49. The topological polar surface area (TPSA) is 69.6 Å². The molecule has 2 N–H and O–H groups in total. The number of allylic oxidation sites excluding steroid dienone is 2. The van der Waals surface area contributed by atoms with E-state index in [1.54, 1.807) is 42.5 Å². The van der Waals surface area contributed by atoms with E-state index in [1.807, 2.05) is 0 Å². The molecule has 2 heterocycles. The average molecular weight is 457 g/mol. The highest BCUT2D eigenvalue weighted by Gasteiger charge is 2.64. The standard InChI is InChI=1S/C23H15Cl2FN2O3/c24-13-6-8-15-17(10-13)27-22(31)23(15)19(12-4-2-1-3-5-12)20(29)21(30)28(23)18-11-14(25)7-9-16(18)26/h1-5,7-11,13,29H,6H2,(H,27,31). The van der Waals surface area contributed by atoms with E-state index in [-0.39, 0.29) is 21.7 Å². The molecule has 3 aliphatic rings. The van der Waals surface area contributed by atoms with Crippen molar-refractivity contribution in [2.24, 2.45) is 0 Å². The average Bonchev–Trinajstić information content (AvgIpc) is 3.15. The summed E-state index contributed by atoms with van der Waals surface area (Å²) in [5.74, 6) is -2.87. The predicted molar refractivity (Wildman–Crippen MR) is 116 cm³/mol. The number of amides is 2. The molecule has 5 rings (SSSR count). The zero-order valence-corrected chi connectivity index (χ0v) is 17.4.